The standard InChI is InChI=1S/C31H42N2O4/c1-30(2,3)37-29(35)33-19-17-32(18-20-33)28(34)27(26-14-8-12-23-10-6-7-13-25(23)26)31(36)16-15-22-9-4-5-11-24(22)21-31/h6-8,10,12-14,22,24,27,36H,4-5,9,11,15-21H2,1-3H3. The predicted molar refractivity (Wildman–Crippen MR) is 145 cm³/mol. The molecule has 2 aliphatic carbocycles. The maximum atomic E-state index is 14.3. The van der Waals surface area contributed by atoms with Gasteiger partial charge < -0.3 is 19.6 Å². The lowest BCUT2D eigenvalue weighted by Crippen LogP contribution is -2.56. The van der Waals surface area contributed by atoms with Gasteiger partial charge in [-0.3, -0.25) is 4.79 Å². The zero-order valence-corrected chi connectivity index (χ0v) is 22.6. The van der Waals surface area contributed by atoms with Crippen LogP contribution in [0, 0.1) is 11.8 Å². The molecule has 37 heavy (non-hydrogen) atoms. The fraction of sp³-hybridized carbons (Fsp3) is 0.613. The molecule has 2 saturated carbocycles. The summed E-state index contributed by atoms with van der Waals surface area (Å²) < 4.78 is 5.54. The largest absolute Gasteiger partial charge is 0.444 e. The van der Waals surface area contributed by atoms with Crippen LogP contribution in [0.25, 0.3) is 10.8 Å². The molecule has 3 aliphatic rings. The number of aliphatic hydroxyl groups is 1. The number of carbonyl (C=O) groups is 2. The van der Waals surface area contributed by atoms with Crippen LogP contribution in [-0.2, 0) is 9.53 Å². The summed E-state index contributed by atoms with van der Waals surface area (Å²) in [5, 5.41) is 14.4. The van der Waals surface area contributed by atoms with Gasteiger partial charge in [-0.1, -0.05) is 68.1 Å². The maximum Gasteiger partial charge on any atom is 0.410 e. The van der Waals surface area contributed by atoms with Crippen LogP contribution < -0.4 is 0 Å². The Bertz CT molecular complexity index is 1130. The molecule has 1 N–H and O–H groups in total. The second-order valence-corrected chi connectivity index (χ2v) is 12.4. The Labute approximate surface area is 221 Å². The lowest BCUT2D eigenvalue weighted by atomic mass is 9.61. The van der Waals surface area contributed by atoms with Gasteiger partial charge in [0.2, 0.25) is 5.91 Å². The van der Waals surface area contributed by atoms with Crippen LogP contribution in [0.4, 0.5) is 4.79 Å². The van der Waals surface area contributed by atoms with E-state index in [4.69, 9.17) is 4.74 Å². The number of nitrogens with zero attached hydrogens (tertiary/aromatic N) is 2. The number of ether oxygens (including phenoxy) is 1. The van der Waals surface area contributed by atoms with Crippen LogP contribution in [0.2, 0.25) is 0 Å². The number of benzene rings is 2. The Morgan fingerprint density at radius 2 is 1.57 bits per heavy atom. The van der Waals surface area contributed by atoms with Crippen molar-refractivity contribution in [2.24, 2.45) is 11.8 Å². The number of hydrogen-bond acceptors (Lipinski definition) is 4. The predicted octanol–water partition coefficient (Wildman–Crippen LogP) is 5.72. The molecule has 0 aromatic heterocycles. The molecule has 3 fully saturated rings. The van der Waals surface area contributed by atoms with Gasteiger partial charge in [0.15, 0.2) is 0 Å². The van der Waals surface area contributed by atoms with Crippen LogP contribution in [0.5, 0.6) is 0 Å². The fourth-order valence-electron chi connectivity index (χ4n) is 6.96. The van der Waals surface area contributed by atoms with E-state index in [1.165, 1.54) is 19.3 Å². The third-order valence-corrected chi connectivity index (χ3v) is 8.79. The van der Waals surface area contributed by atoms with Gasteiger partial charge in [0.25, 0.3) is 0 Å². The Kier molecular flexibility index (Phi) is 7.23. The van der Waals surface area contributed by atoms with Crippen molar-refractivity contribution in [1.29, 1.82) is 0 Å². The lowest BCUT2D eigenvalue weighted by Gasteiger charge is -2.48. The average Bonchev–Trinajstić information content (AvgIpc) is 2.88. The smallest absolute Gasteiger partial charge is 0.410 e. The van der Waals surface area contributed by atoms with E-state index in [1.54, 1.807) is 4.90 Å². The molecule has 6 nitrogen and oxygen atoms in total. The van der Waals surface area contributed by atoms with Crippen molar-refractivity contribution in [3.05, 3.63) is 48.0 Å². The first-order valence-electron chi connectivity index (χ1n) is 14.1. The quantitative estimate of drug-likeness (QED) is 0.578. The molecule has 1 heterocycles. The summed E-state index contributed by atoms with van der Waals surface area (Å²) in [6.07, 6.45) is 6.91. The highest BCUT2D eigenvalue weighted by molar-refractivity contribution is 5.94. The molecule has 1 aliphatic heterocycles. The topological polar surface area (TPSA) is 70.1 Å². The Balaban J connectivity index is 1.43. The minimum Gasteiger partial charge on any atom is -0.444 e. The van der Waals surface area contributed by atoms with Crippen LogP contribution in [-0.4, -0.2) is 64.3 Å². The van der Waals surface area contributed by atoms with Crippen molar-refractivity contribution in [3.8, 4) is 0 Å². The summed E-state index contributed by atoms with van der Waals surface area (Å²) in [5.74, 6) is 0.531. The lowest BCUT2D eigenvalue weighted by molar-refractivity contribution is -0.146. The summed E-state index contributed by atoms with van der Waals surface area (Å²) in [6.45, 7) is 7.35. The zero-order chi connectivity index (χ0) is 26.2. The first kappa shape index (κ1) is 26.0. The SMILES string of the molecule is CC(C)(C)OC(=O)N1CCN(C(=O)C(c2cccc3ccccc23)C2(O)CCC3CCCCC3C2)CC1. The average molecular weight is 507 g/mol. The third kappa shape index (κ3) is 5.50. The van der Waals surface area contributed by atoms with Crippen molar-refractivity contribution >= 4 is 22.8 Å². The van der Waals surface area contributed by atoms with Crippen LogP contribution in [0.1, 0.15) is 77.2 Å². The van der Waals surface area contributed by atoms with Gasteiger partial charge in [-0.15, -0.1) is 0 Å². The first-order chi connectivity index (χ1) is 17.6. The number of piperazine rings is 1. The summed E-state index contributed by atoms with van der Waals surface area (Å²) in [5.41, 5.74) is -0.693. The van der Waals surface area contributed by atoms with E-state index in [1.807, 2.05) is 49.9 Å². The highest BCUT2D eigenvalue weighted by Crippen LogP contribution is 2.50. The van der Waals surface area contributed by atoms with E-state index in [-0.39, 0.29) is 12.0 Å². The number of hydrogen-bond donors (Lipinski definition) is 1. The number of amides is 2. The summed E-state index contributed by atoms with van der Waals surface area (Å²) in [6, 6.07) is 14.3. The van der Waals surface area contributed by atoms with E-state index in [9.17, 15) is 14.7 Å². The summed E-state index contributed by atoms with van der Waals surface area (Å²) in [4.78, 5) is 30.5. The molecule has 0 radical (unpaired) electrons. The second kappa shape index (κ2) is 10.3. The van der Waals surface area contributed by atoms with E-state index >= 15 is 0 Å². The molecule has 6 heteroatoms. The normalized spacial score (nSPS) is 27.5. The fourth-order valence-corrected chi connectivity index (χ4v) is 6.96. The van der Waals surface area contributed by atoms with E-state index in [2.05, 4.69) is 18.2 Å². The van der Waals surface area contributed by atoms with Gasteiger partial charge in [0.05, 0.1) is 11.5 Å². The van der Waals surface area contributed by atoms with Crippen molar-refractivity contribution in [3.63, 3.8) is 0 Å². The first-order valence-corrected chi connectivity index (χ1v) is 14.1. The van der Waals surface area contributed by atoms with Gasteiger partial charge in [-0.2, -0.15) is 0 Å². The molecule has 0 bridgehead atoms. The second-order valence-electron chi connectivity index (χ2n) is 12.4. The van der Waals surface area contributed by atoms with Crippen molar-refractivity contribution in [2.45, 2.75) is 82.8 Å². The molecule has 4 atom stereocenters. The van der Waals surface area contributed by atoms with Crippen molar-refractivity contribution in [1.82, 2.24) is 9.80 Å². The highest BCUT2D eigenvalue weighted by Gasteiger charge is 2.50. The minimum atomic E-state index is -1.07. The molecular formula is C31H42N2O4. The van der Waals surface area contributed by atoms with Gasteiger partial charge in [0.1, 0.15) is 5.60 Å². The minimum absolute atomic E-state index is 0.0167. The Hall–Kier alpha value is -2.60. The molecule has 2 amide bonds. The molecule has 0 spiro atoms. The van der Waals surface area contributed by atoms with Crippen LogP contribution in [0.15, 0.2) is 42.5 Å². The summed E-state index contributed by atoms with van der Waals surface area (Å²) in [7, 11) is 0. The van der Waals surface area contributed by atoms with E-state index in [0.717, 1.165) is 29.2 Å². The molecule has 2 aromatic rings. The molecule has 5 rings (SSSR count). The summed E-state index contributed by atoms with van der Waals surface area (Å²) >= 11 is 0. The van der Waals surface area contributed by atoms with Gasteiger partial charge in [-0.25, -0.2) is 4.79 Å². The Morgan fingerprint density at radius 1 is 0.919 bits per heavy atom. The third-order valence-electron chi connectivity index (χ3n) is 8.79. The van der Waals surface area contributed by atoms with Crippen LogP contribution in [0.3, 0.4) is 0 Å². The van der Waals surface area contributed by atoms with Gasteiger partial charge >= 0.3 is 6.09 Å². The number of carbonyl (C=O) groups excluding carboxylic acids is 2. The number of fused-ring (bicyclic) bond motifs is 2. The van der Waals surface area contributed by atoms with Crippen LogP contribution >= 0.6 is 0 Å². The van der Waals surface area contributed by atoms with Gasteiger partial charge in [0, 0.05) is 26.2 Å². The highest BCUT2D eigenvalue weighted by atomic mass is 16.6. The maximum absolute atomic E-state index is 14.3. The van der Waals surface area contributed by atoms with Crippen molar-refractivity contribution in [2.75, 3.05) is 26.2 Å². The molecular weight excluding hydrogens is 464 g/mol. The number of rotatable bonds is 3. The zero-order valence-electron chi connectivity index (χ0n) is 22.6. The molecule has 200 valence electrons. The van der Waals surface area contributed by atoms with E-state index in [0.29, 0.717) is 50.9 Å². The van der Waals surface area contributed by atoms with E-state index < -0.39 is 17.1 Å². The molecule has 4 unspecified atom stereocenters. The Morgan fingerprint density at radius 3 is 2.30 bits per heavy atom. The molecule has 2 aromatic carbocycles. The van der Waals surface area contributed by atoms with Gasteiger partial charge in [-0.05, 0) is 68.2 Å². The molecule has 1 saturated heterocycles. The monoisotopic (exact) mass is 506 g/mol. The van der Waals surface area contributed by atoms with Crippen molar-refractivity contribution < 1.29 is 19.4 Å².